The van der Waals surface area contributed by atoms with E-state index in [1.165, 1.54) is 4.57 Å². The summed E-state index contributed by atoms with van der Waals surface area (Å²) in [5, 5.41) is 0. The zero-order valence-electron chi connectivity index (χ0n) is 9.94. The van der Waals surface area contributed by atoms with E-state index in [4.69, 9.17) is 13.9 Å². The first-order valence-corrected chi connectivity index (χ1v) is 6.14. The maximum atomic E-state index is 12.0. The number of nitrogens with zero attached hydrogens (tertiary/aromatic N) is 1. The van der Waals surface area contributed by atoms with Gasteiger partial charge in [-0.15, -0.1) is 0 Å². The molecule has 4 rings (SSSR count). The fourth-order valence-electron chi connectivity index (χ4n) is 2.78. The number of Topliss-reactive ketones (excluding diaryl/α,β-unsaturated/α-hetero) is 1. The minimum absolute atomic E-state index is 0.129. The molecule has 3 atom stereocenters. The Morgan fingerprint density at radius 3 is 2.95 bits per heavy atom. The Morgan fingerprint density at radius 2 is 2.05 bits per heavy atom. The summed E-state index contributed by atoms with van der Waals surface area (Å²) in [4.78, 5) is 23.8. The molecule has 0 saturated carbocycles. The van der Waals surface area contributed by atoms with Gasteiger partial charge in [-0.2, -0.15) is 0 Å². The van der Waals surface area contributed by atoms with Gasteiger partial charge in [-0.05, 0) is 12.1 Å². The Kier molecular flexibility index (Phi) is 2.18. The molecule has 0 unspecified atom stereocenters. The molecule has 0 amide bonds. The van der Waals surface area contributed by atoms with Gasteiger partial charge in [0.05, 0.1) is 18.2 Å². The molecule has 6 heteroatoms. The number of fused-ring (bicyclic) bond motifs is 3. The summed E-state index contributed by atoms with van der Waals surface area (Å²) < 4.78 is 17.4. The van der Waals surface area contributed by atoms with Crippen LogP contribution in [-0.4, -0.2) is 29.4 Å². The predicted octanol–water partition coefficient (Wildman–Crippen LogP) is 0.850. The Bertz CT molecular complexity index is 715. The highest BCUT2D eigenvalue weighted by Crippen LogP contribution is 2.33. The van der Waals surface area contributed by atoms with Gasteiger partial charge in [0.25, 0.3) is 0 Å². The molecule has 2 aliphatic heterocycles. The SMILES string of the molecule is O=C1C[C@H](n2c(=O)oc3ccccc32)[C@H]2CO[C@@H]1O2. The van der Waals surface area contributed by atoms with Gasteiger partial charge in [0.15, 0.2) is 11.4 Å². The second-order valence-electron chi connectivity index (χ2n) is 4.78. The van der Waals surface area contributed by atoms with Crippen molar-refractivity contribution in [1.29, 1.82) is 0 Å². The minimum atomic E-state index is -0.755. The van der Waals surface area contributed by atoms with Crippen molar-refractivity contribution in [2.24, 2.45) is 0 Å². The van der Waals surface area contributed by atoms with Gasteiger partial charge < -0.3 is 13.9 Å². The van der Waals surface area contributed by atoms with Crippen molar-refractivity contribution in [3.05, 3.63) is 34.8 Å². The number of ketones is 1. The summed E-state index contributed by atoms with van der Waals surface area (Å²) in [6.45, 7) is 0.326. The van der Waals surface area contributed by atoms with Crippen molar-refractivity contribution >= 4 is 16.9 Å². The highest BCUT2D eigenvalue weighted by atomic mass is 16.7. The van der Waals surface area contributed by atoms with E-state index in [9.17, 15) is 9.59 Å². The number of oxazole rings is 1. The molecule has 0 aliphatic carbocycles. The lowest BCUT2D eigenvalue weighted by molar-refractivity contribution is -0.156. The summed E-state index contributed by atoms with van der Waals surface area (Å²) in [7, 11) is 0. The lowest BCUT2D eigenvalue weighted by Gasteiger charge is -2.26. The molecule has 19 heavy (non-hydrogen) atoms. The predicted molar refractivity (Wildman–Crippen MR) is 63.7 cm³/mol. The third-order valence-electron chi connectivity index (χ3n) is 3.66. The van der Waals surface area contributed by atoms with Crippen molar-refractivity contribution in [3.8, 4) is 0 Å². The van der Waals surface area contributed by atoms with Crippen molar-refractivity contribution < 1.29 is 18.7 Å². The number of hydrogen-bond acceptors (Lipinski definition) is 5. The van der Waals surface area contributed by atoms with E-state index in [0.717, 1.165) is 0 Å². The monoisotopic (exact) mass is 261 g/mol. The van der Waals surface area contributed by atoms with Crippen molar-refractivity contribution in [2.45, 2.75) is 24.9 Å². The van der Waals surface area contributed by atoms with Gasteiger partial charge in [0.2, 0.25) is 6.29 Å². The van der Waals surface area contributed by atoms with Crippen molar-refractivity contribution in [3.63, 3.8) is 0 Å². The molecular formula is C13H11NO5. The van der Waals surface area contributed by atoms with Crippen molar-refractivity contribution in [1.82, 2.24) is 4.57 Å². The van der Waals surface area contributed by atoms with Gasteiger partial charge in [0, 0.05) is 6.42 Å². The van der Waals surface area contributed by atoms with Crippen LogP contribution in [0.2, 0.25) is 0 Å². The number of ether oxygens (including phenoxy) is 2. The summed E-state index contributed by atoms with van der Waals surface area (Å²) in [5.41, 5.74) is 1.19. The molecule has 6 nitrogen and oxygen atoms in total. The molecule has 0 N–H and O–H groups in total. The number of para-hydroxylation sites is 2. The molecule has 1 aromatic carbocycles. The minimum Gasteiger partial charge on any atom is -0.408 e. The zero-order chi connectivity index (χ0) is 13.0. The maximum absolute atomic E-state index is 12.0. The largest absolute Gasteiger partial charge is 0.420 e. The summed E-state index contributed by atoms with van der Waals surface area (Å²) >= 11 is 0. The molecule has 2 aliphatic rings. The van der Waals surface area contributed by atoms with E-state index in [0.29, 0.717) is 17.7 Å². The second-order valence-corrected chi connectivity index (χ2v) is 4.78. The van der Waals surface area contributed by atoms with Crippen LogP contribution in [-0.2, 0) is 14.3 Å². The molecule has 2 aromatic rings. The molecule has 1 aromatic heterocycles. The van der Waals surface area contributed by atoms with Gasteiger partial charge in [-0.25, -0.2) is 4.79 Å². The third-order valence-corrected chi connectivity index (χ3v) is 3.66. The highest BCUT2D eigenvalue weighted by Gasteiger charge is 2.45. The van der Waals surface area contributed by atoms with E-state index in [-0.39, 0.29) is 24.3 Å². The van der Waals surface area contributed by atoms with Gasteiger partial charge in [-0.1, -0.05) is 12.1 Å². The molecule has 2 bridgehead atoms. The third kappa shape index (κ3) is 1.50. The van der Waals surface area contributed by atoms with Crippen molar-refractivity contribution in [2.75, 3.05) is 6.61 Å². The number of rotatable bonds is 1. The molecule has 0 spiro atoms. The second kappa shape index (κ2) is 3.79. The van der Waals surface area contributed by atoms with Crippen LogP contribution in [0.3, 0.4) is 0 Å². The lowest BCUT2D eigenvalue weighted by Crippen LogP contribution is -2.39. The van der Waals surface area contributed by atoms with Crippen LogP contribution in [0, 0.1) is 0 Å². The van der Waals surface area contributed by atoms with Crippen LogP contribution >= 0.6 is 0 Å². The lowest BCUT2D eigenvalue weighted by atomic mass is 10.0. The van der Waals surface area contributed by atoms with Crippen LogP contribution in [0.5, 0.6) is 0 Å². The molecular weight excluding hydrogens is 250 g/mol. The molecule has 2 fully saturated rings. The summed E-state index contributed by atoms with van der Waals surface area (Å²) in [5.74, 6) is -0.594. The van der Waals surface area contributed by atoms with Crippen LogP contribution < -0.4 is 5.76 Å². The van der Waals surface area contributed by atoms with Crippen LogP contribution in [0.4, 0.5) is 0 Å². The maximum Gasteiger partial charge on any atom is 0.420 e. The first kappa shape index (κ1) is 11.0. The van der Waals surface area contributed by atoms with Gasteiger partial charge in [-0.3, -0.25) is 9.36 Å². The Balaban J connectivity index is 1.88. The molecule has 2 saturated heterocycles. The first-order valence-electron chi connectivity index (χ1n) is 6.14. The molecule has 98 valence electrons. The standard InChI is InChI=1S/C13H11NO5/c15-9-5-8(11-6-17-12(9)18-11)14-7-3-1-2-4-10(7)19-13(14)16/h1-4,8,11-12H,5-6H2/t8-,11+,12+/m0/s1. The average Bonchev–Trinajstić information content (AvgIpc) is 2.96. The number of carbonyl (C=O) groups is 1. The quantitative estimate of drug-likeness (QED) is 0.761. The summed E-state index contributed by atoms with van der Waals surface area (Å²) in [6, 6.07) is 6.79. The number of benzene rings is 1. The summed E-state index contributed by atoms with van der Waals surface area (Å²) in [6.07, 6.45) is -0.796. The van der Waals surface area contributed by atoms with Crippen LogP contribution in [0.25, 0.3) is 11.1 Å². The average molecular weight is 261 g/mol. The highest BCUT2D eigenvalue weighted by molar-refractivity contribution is 5.84. The smallest absolute Gasteiger partial charge is 0.408 e. The topological polar surface area (TPSA) is 70.7 Å². The zero-order valence-corrected chi connectivity index (χ0v) is 9.94. The van der Waals surface area contributed by atoms with Gasteiger partial charge >= 0.3 is 5.76 Å². The fourth-order valence-corrected chi connectivity index (χ4v) is 2.78. The van der Waals surface area contributed by atoms with Crippen LogP contribution in [0.15, 0.2) is 33.5 Å². The number of aromatic nitrogens is 1. The Labute approximate surface area is 107 Å². The van der Waals surface area contributed by atoms with E-state index >= 15 is 0 Å². The Morgan fingerprint density at radius 1 is 1.21 bits per heavy atom. The van der Waals surface area contributed by atoms with E-state index in [2.05, 4.69) is 0 Å². The number of hydrogen-bond donors (Lipinski definition) is 0. The van der Waals surface area contributed by atoms with Crippen LogP contribution in [0.1, 0.15) is 12.5 Å². The van der Waals surface area contributed by atoms with E-state index < -0.39 is 12.0 Å². The van der Waals surface area contributed by atoms with E-state index in [1.807, 2.05) is 6.07 Å². The number of carbonyl (C=O) groups excluding carboxylic acids is 1. The van der Waals surface area contributed by atoms with E-state index in [1.54, 1.807) is 18.2 Å². The molecule has 0 radical (unpaired) electrons. The molecule has 3 heterocycles. The Hall–Kier alpha value is -1.92. The normalized spacial score (nSPS) is 30.1. The fraction of sp³-hybridized carbons (Fsp3) is 0.385. The first-order chi connectivity index (χ1) is 9.24. The van der Waals surface area contributed by atoms with Gasteiger partial charge in [0.1, 0.15) is 6.10 Å².